The Morgan fingerprint density at radius 3 is 2.20 bits per heavy atom. The van der Waals surface area contributed by atoms with E-state index in [2.05, 4.69) is 20.8 Å². The summed E-state index contributed by atoms with van der Waals surface area (Å²) < 4.78 is 38.7. The molecule has 0 radical (unpaired) electrons. The molecule has 3 saturated heterocycles. The van der Waals surface area contributed by atoms with Gasteiger partial charge in [0.2, 0.25) is 0 Å². The topological polar surface area (TPSA) is 75.6 Å². The second-order valence-corrected chi connectivity index (χ2v) is 11.8. The summed E-state index contributed by atoms with van der Waals surface area (Å²) in [5, 5.41) is 12.6. The van der Waals surface area contributed by atoms with Crippen LogP contribution in [0.5, 0.6) is 0 Å². The first-order chi connectivity index (χ1) is 16.1. The van der Waals surface area contributed by atoms with Crippen LogP contribution in [0.25, 0.3) is 0 Å². The molecule has 3 heterocycles. The average molecular weight is 493 g/mol. The quantitative estimate of drug-likeness (QED) is 0.646. The van der Waals surface area contributed by atoms with Crippen molar-refractivity contribution in [2.75, 3.05) is 20.3 Å². The summed E-state index contributed by atoms with van der Waals surface area (Å²) in [5.41, 5.74) is -4.36. The molecule has 3 aliphatic heterocycles. The number of aliphatic hydroxyl groups is 1. The molecule has 7 heteroatoms. The molecular weight excluding hydrogens is 448 g/mol. The Kier molecular flexibility index (Phi) is 6.54. The minimum Gasteiger partial charge on any atom is -0.384 e. The minimum atomic E-state index is -1.59. The van der Waals surface area contributed by atoms with Crippen LogP contribution in [-0.4, -0.2) is 59.4 Å². The molecule has 1 aromatic rings. The Morgan fingerprint density at radius 1 is 0.971 bits per heavy atom. The lowest BCUT2D eigenvalue weighted by atomic mass is 9.60. The van der Waals surface area contributed by atoms with Crippen LogP contribution < -0.4 is 0 Å². The molecule has 35 heavy (non-hydrogen) atoms. The number of ether oxygens (including phenoxy) is 6. The Balaban J connectivity index is 1.79. The van der Waals surface area contributed by atoms with Crippen molar-refractivity contribution >= 4 is 0 Å². The molecule has 0 amide bonds. The fourth-order valence-corrected chi connectivity index (χ4v) is 6.21. The average Bonchev–Trinajstić information content (AvgIpc) is 2.82. The number of hydrogen-bond donors (Lipinski definition) is 1. The molecule has 198 valence electrons. The second-order valence-electron chi connectivity index (χ2n) is 11.8. The van der Waals surface area contributed by atoms with E-state index in [1.807, 2.05) is 58.0 Å². The third-order valence-corrected chi connectivity index (χ3v) is 10.0. The van der Waals surface area contributed by atoms with Gasteiger partial charge in [-0.05, 0) is 53.4 Å². The van der Waals surface area contributed by atoms with Crippen molar-refractivity contribution in [3.63, 3.8) is 0 Å². The van der Waals surface area contributed by atoms with Gasteiger partial charge < -0.3 is 33.5 Å². The molecule has 0 saturated carbocycles. The third-order valence-electron chi connectivity index (χ3n) is 10.0. The smallest absolute Gasteiger partial charge is 0.198 e. The van der Waals surface area contributed by atoms with E-state index in [0.29, 0.717) is 18.4 Å². The van der Waals surface area contributed by atoms with Crippen molar-refractivity contribution in [3.8, 4) is 0 Å². The second kappa shape index (κ2) is 8.48. The fourth-order valence-electron chi connectivity index (χ4n) is 6.21. The summed E-state index contributed by atoms with van der Waals surface area (Å²) in [6.45, 7) is 18.4. The van der Waals surface area contributed by atoms with Gasteiger partial charge in [-0.15, -0.1) is 0 Å². The van der Waals surface area contributed by atoms with Gasteiger partial charge >= 0.3 is 0 Å². The Morgan fingerprint density at radius 2 is 1.60 bits per heavy atom. The maximum Gasteiger partial charge on any atom is 0.198 e. The molecule has 4 rings (SSSR count). The highest BCUT2D eigenvalue weighted by atomic mass is 16.8. The first-order valence-electron chi connectivity index (χ1n) is 12.8. The molecule has 0 aromatic heterocycles. The lowest BCUT2D eigenvalue weighted by Gasteiger charge is -2.70. The standard InChI is InChI=1S/C28H44O7/c1-18-16-32-24(5,20(3)19(18)2)35-27(8)25(6,29)26(7)23(4,34-28(27,9)30-10)17-31-22(33-26)21-14-12-11-13-15-21/h11-15,18-20,22,29H,16-17H2,1-10H3/t18-,19-,20-,22-,23+,24-,25-,26+,27-,28-/m0/s1. The number of rotatable bonds is 4. The molecule has 7 nitrogen and oxygen atoms in total. The van der Waals surface area contributed by atoms with E-state index >= 15 is 0 Å². The van der Waals surface area contributed by atoms with Gasteiger partial charge in [0, 0.05) is 18.6 Å². The number of methoxy groups -OCH3 is 1. The van der Waals surface area contributed by atoms with Crippen molar-refractivity contribution in [1.82, 2.24) is 0 Å². The molecular formula is C28H44O7. The Hall–Kier alpha value is -1.06. The largest absolute Gasteiger partial charge is 0.384 e. The zero-order valence-electron chi connectivity index (χ0n) is 23.0. The van der Waals surface area contributed by atoms with Crippen LogP contribution in [0.1, 0.15) is 74.2 Å². The van der Waals surface area contributed by atoms with Crippen molar-refractivity contribution in [1.29, 1.82) is 0 Å². The maximum absolute atomic E-state index is 12.6. The van der Waals surface area contributed by atoms with Crippen molar-refractivity contribution in [2.24, 2.45) is 17.8 Å². The molecule has 10 atom stereocenters. The van der Waals surface area contributed by atoms with Gasteiger partial charge in [-0.2, -0.15) is 0 Å². The molecule has 0 spiro atoms. The maximum atomic E-state index is 12.6. The zero-order chi connectivity index (χ0) is 26.1. The van der Waals surface area contributed by atoms with E-state index in [0.717, 1.165) is 5.56 Å². The van der Waals surface area contributed by atoms with Gasteiger partial charge in [0.15, 0.2) is 23.5 Å². The predicted octanol–water partition coefficient (Wildman–Crippen LogP) is 4.82. The lowest BCUT2D eigenvalue weighted by molar-refractivity contribution is -0.516. The molecule has 1 aromatic carbocycles. The van der Waals surface area contributed by atoms with Crippen molar-refractivity contribution in [3.05, 3.63) is 35.9 Å². The summed E-state index contributed by atoms with van der Waals surface area (Å²) >= 11 is 0. The van der Waals surface area contributed by atoms with Gasteiger partial charge in [0.1, 0.15) is 16.8 Å². The monoisotopic (exact) mass is 492 g/mol. The van der Waals surface area contributed by atoms with Crippen LogP contribution in [0.2, 0.25) is 0 Å². The van der Waals surface area contributed by atoms with Crippen molar-refractivity contribution in [2.45, 2.75) is 103 Å². The van der Waals surface area contributed by atoms with E-state index in [1.165, 1.54) is 0 Å². The van der Waals surface area contributed by atoms with Gasteiger partial charge in [0.05, 0.1) is 13.2 Å². The van der Waals surface area contributed by atoms with Crippen LogP contribution in [0.15, 0.2) is 30.3 Å². The van der Waals surface area contributed by atoms with Crippen LogP contribution in [0, 0.1) is 17.8 Å². The van der Waals surface area contributed by atoms with E-state index in [1.54, 1.807) is 21.0 Å². The highest BCUT2D eigenvalue weighted by Crippen LogP contribution is 2.61. The normalized spacial score (nSPS) is 52.7. The summed E-state index contributed by atoms with van der Waals surface area (Å²) in [7, 11) is 1.57. The summed E-state index contributed by atoms with van der Waals surface area (Å²) in [6, 6.07) is 9.72. The Labute approximate surface area is 210 Å². The molecule has 0 bridgehead atoms. The minimum absolute atomic E-state index is 0.0637. The first-order valence-corrected chi connectivity index (χ1v) is 12.8. The summed E-state index contributed by atoms with van der Waals surface area (Å²) in [5.74, 6) is -1.48. The molecule has 3 aliphatic rings. The van der Waals surface area contributed by atoms with E-state index in [9.17, 15) is 5.11 Å². The first kappa shape index (κ1) is 27.0. The fraction of sp³-hybridized carbons (Fsp3) is 0.786. The van der Waals surface area contributed by atoms with Crippen LogP contribution in [-0.2, 0) is 28.4 Å². The zero-order valence-corrected chi connectivity index (χ0v) is 23.0. The molecule has 0 unspecified atom stereocenters. The van der Waals surface area contributed by atoms with Gasteiger partial charge in [-0.1, -0.05) is 51.1 Å². The molecule has 3 fully saturated rings. The van der Waals surface area contributed by atoms with Gasteiger partial charge in [-0.25, -0.2) is 0 Å². The van der Waals surface area contributed by atoms with Crippen molar-refractivity contribution < 1.29 is 33.5 Å². The SMILES string of the molecule is CO[C@@]1(C)O[C@]2(C)CO[C@H](c3ccccc3)O[C@@]2(C)[C@](C)(O)[C@]1(C)O[C@]1(C)OC[C@H](C)[C@H](C)[C@@H]1C. The van der Waals surface area contributed by atoms with Gasteiger partial charge in [-0.3, -0.25) is 0 Å². The highest BCUT2D eigenvalue weighted by molar-refractivity contribution is 5.26. The number of fused-ring (bicyclic) bond motifs is 1. The summed E-state index contributed by atoms with van der Waals surface area (Å²) in [4.78, 5) is 0. The van der Waals surface area contributed by atoms with E-state index in [4.69, 9.17) is 28.4 Å². The van der Waals surface area contributed by atoms with Gasteiger partial charge in [0.25, 0.3) is 0 Å². The Bertz CT molecular complexity index is 923. The van der Waals surface area contributed by atoms with Crippen LogP contribution in [0.3, 0.4) is 0 Å². The van der Waals surface area contributed by atoms with E-state index in [-0.39, 0.29) is 12.5 Å². The molecule has 0 aliphatic carbocycles. The lowest BCUT2D eigenvalue weighted by Crippen LogP contribution is -2.87. The number of hydrogen-bond acceptors (Lipinski definition) is 7. The van der Waals surface area contributed by atoms with Crippen LogP contribution >= 0.6 is 0 Å². The summed E-state index contributed by atoms with van der Waals surface area (Å²) in [6.07, 6.45) is -0.665. The van der Waals surface area contributed by atoms with E-state index < -0.39 is 40.3 Å². The van der Waals surface area contributed by atoms with Crippen LogP contribution in [0.4, 0.5) is 0 Å². The predicted molar refractivity (Wildman–Crippen MR) is 131 cm³/mol. The highest BCUT2D eigenvalue weighted by Gasteiger charge is 2.79. The third kappa shape index (κ3) is 3.65. The number of benzene rings is 1. The molecule has 1 N–H and O–H groups in total.